The first-order valence-corrected chi connectivity index (χ1v) is 9.01. The van der Waals surface area contributed by atoms with Gasteiger partial charge in [-0.15, -0.1) is 11.3 Å². The molecule has 0 saturated heterocycles. The summed E-state index contributed by atoms with van der Waals surface area (Å²) in [5.74, 6) is -0.349. The van der Waals surface area contributed by atoms with Crippen molar-refractivity contribution in [1.29, 1.82) is 0 Å². The van der Waals surface area contributed by atoms with Gasteiger partial charge in [-0.05, 0) is 47.1 Å². The predicted molar refractivity (Wildman–Crippen MR) is 93.6 cm³/mol. The molecule has 1 aromatic heterocycles. The first kappa shape index (κ1) is 17.5. The monoisotopic (exact) mass is 429 g/mol. The Balaban J connectivity index is 2.50. The van der Waals surface area contributed by atoms with Crippen LogP contribution in [-0.4, -0.2) is 6.54 Å². The quantitative estimate of drug-likeness (QED) is 0.520. The molecule has 2 aromatic rings. The number of halogens is 5. The van der Waals surface area contributed by atoms with Crippen LogP contribution in [0.25, 0.3) is 0 Å². The molecule has 0 radical (unpaired) electrons. The lowest BCUT2D eigenvalue weighted by Crippen LogP contribution is -2.24. The highest BCUT2D eigenvalue weighted by Crippen LogP contribution is 2.39. The van der Waals surface area contributed by atoms with Crippen LogP contribution in [0.4, 0.5) is 4.39 Å². The molecule has 1 unspecified atom stereocenters. The molecule has 1 aromatic carbocycles. The Morgan fingerprint density at radius 1 is 1.24 bits per heavy atom. The fourth-order valence-electron chi connectivity index (χ4n) is 1.99. The highest BCUT2D eigenvalue weighted by molar-refractivity contribution is 9.10. The second-order valence-corrected chi connectivity index (χ2v) is 8.00. The Labute approximate surface area is 150 Å². The summed E-state index contributed by atoms with van der Waals surface area (Å²) in [4.78, 5) is 0. The number of rotatable bonds is 5. The third-order valence-electron chi connectivity index (χ3n) is 2.94. The van der Waals surface area contributed by atoms with E-state index in [1.807, 2.05) is 6.92 Å². The maximum atomic E-state index is 14.3. The molecule has 1 atom stereocenters. The molecule has 21 heavy (non-hydrogen) atoms. The van der Waals surface area contributed by atoms with Gasteiger partial charge in [-0.3, -0.25) is 0 Å². The van der Waals surface area contributed by atoms with Crippen LogP contribution in [0.15, 0.2) is 22.7 Å². The molecule has 0 bridgehead atoms. The molecule has 0 saturated carbocycles. The Hall–Kier alpha value is 0.160. The maximum absolute atomic E-state index is 14.3. The van der Waals surface area contributed by atoms with Crippen LogP contribution >= 0.6 is 62.1 Å². The van der Waals surface area contributed by atoms with Crippen molar-refractivity contribution < 1.29 is 4.39 Å². The smallest absolute Gasteiger partial charge is 0.129 e. The highest BCUT2D eigenvalue weighted by atomic mass is 79.9. The van der Waals surface area contributed by atoms with Gasteiger partial charge in [-0.2, -0.15) is 0 Å². The second-order valence-electron chi connectivity index (χ2n) is 4.45. The topological polar surface area (TPSA) is 12.0 Å². The van der Waals surface area contributed by atoms with Gasteiger partial charge in [0.15, 0.2) is 0 Å². The van der Waals surface area contributed by atoms with Crippen molar-refractivity contribution in [2.24, 2.45) is 0 Å². The summed E-state index contributed by atoms with van der Waals surface area (Å²) in [6.07, 6.45) is 0.915. The lowest BCUT2D eigenvalue weighted by atomic mass is 10.0. The molecular weight excluding hydrogens is 419 g/mol. The van der Waals surface area contributed by atoms with Gasteiger partial charge in [0.25, 0.3) is 0 Å². The summed E-state index contributed by atoms with van der Waals surface area (Å²) in [5.41, 5.74) is 1.21. The first-order chi connectivity index (χ1) is 9.93. The molecule has 0 fully saturated rings. The standard InChI is InChI=1S/C14H12BrCl3FNS/c1-2-3-20-13(8-5-12(17)21-14(8)18)7-4-10(16)9(15)6-11(7)19/h4-6,13,20H,2-3H2,1H3. The Bertz CT molecular complexity index is 647. The van der Waals surface area contributed by atoms with Crippen LogP contribution in [0.5, 0.6) is 0 Å². The molecule has 114 valence electrons. The van der Waals surface area contributed by atoms with Crippen molar-refractivity contribution in [3.05, 3.63) is 53.3 Å². The number of thiophene rings is 1. The minimum atomic E-state index is -0.383. The molecule has 1 N–H and O–H groups in total. The van der Waals surface area contributed by atoms with Gasteiger partial charge < -0.3 is 5.32 Å². The van der Waals surface area contributed by atoms with Crippen LogP contribution in [0.3, 0.4) is 0 Å². The molecule has 2 rings (SSSR count). The fraction of sp³-hybridized carbons (Fsp3) is 0.286. The van der Waals surface area contributed by atoms with Crippen LogP contribution in [0.1, 0.15) is 30.5 Å². The number of benzene rings is 1. The van der Waals surface area contributed by atoms with Crippen molar-refractivity contribution in [2.75, 3.05) is 6.54 Å². The zero-order valence-electron chi connectivity index (χ0n) is 11.0. The minimum Gasteiger partial charge on any atom is -0.306 e. The molecule has 0 aliphatic rings. The second kappa shape index (κ2) is 7.62. The first-order valence-electron chi connectivity index (χ1n) is 6.26. The van der Waals surface area contributed by atoms with Gasteiger partial charge in [0.05, 0.1) is 19.7 Å². The Morgan fingerprint density at radius 3 is 2.52 bits per heavy atom. The van der Waals surface area contributed by atoms with Gasteiger partial charge in [0.2, 0.25) is 0 Å². The van der Waals surface area contributed by atoms with E-state index in [1.165, 1.54) is 17.4 Å². The normalized spacial score (nSPS) is 12.7. The summed E-state index contributed by atoms with van der Waals surface area (Å²) >= 11 is 22.8. The largest absolute Gasteiger partial charge is 0.306 e. The van der Waals surface area contributed by atoms with Gasteiger partial charge in [0, 0.05) is 15.6 Å². The Morgan fingerprint density at radius 2 is 1.95 bits per heavy atom. The lowest BCUT2D eigenvalue weighted by Gasteiger charge is -2.20. The lowest BCUT2D eigenvalue weighted by molar-refractivity contribution is 0.547. The molecule has 0 spiro atoms. The average molecular weight is 432 g/mol. The zero-order valence-corrected chi connectivity index (χ0v) is 15.7. The SMILES string of the molecule is CCCNC(c1cc(Cl)c(Br)cc1F)c1cc(Cl)sc1Cl. The molecule has 0 aliphatic heterocycles. The van der Waals surface area contributed by atoms with E-state index in [-0.39, 0.29) is 11.9 Å². The van der Waals surface area contributed by atoms with Crippen LogP contribution < -0.4 is 5.32 Å². The molecule has 0 aliphatic carbocycles. The highest BCUT2D eigenvalue weighted by Gasteiger charge is 2.23. The molecule has 1 heterocycles. The van der Waals surface area contributed by atoms with Gasteiger partial charge >= 0.3 is 0 Å². The van der Waals surface area contributed by atoms with Gasteiger partial charge in [0.1, 0.15) is 5.82 Å². The number of hydrogen-bond acceptors (Lipinski definition) is 2. The van der Waals surface area contributed by atoms with Crippen molar-refractivity contribution in [2.45, 2.75) is 19.4 Å². The fourth-order valence-corrected chi connectivity index (χ4v) is 4.00. The van der Waals surface area contributed by atoms with Crippen molar-refractivity contribution in [3.63, 3.8) is 0 Å². The van der Waals surface area contributed by atoms with E-state index in [1.54, 1.807) is 12.1 Å². The van der Waals surface area contributed by atoms with E-state index in [0.717, 1.165) is 18.5 Å². The third-order valence-corrected chi connectivity index (χ3v) is 5.66. The van der Waals surface area contributed by atoms with E-state index >= 15 is 0 Å². The van der Waals surface area contributed by atoms with Gasteiger partial charge in [-0.1, -0.05) is 41.7 Å². The zero-order chi connectivity index (χ0) is 15.6. The average Bonchev–Trinajstić information content (AvgIpc) is 2.75. The van der Waals surface area contributed by atoms with Crippen molar-refractivity contribution in [3.8, 4) is 0 Å². The molecule has 7 heteroatoms. The van der Waals surface area contributed by atoms with Crippen molar-refractivity contribution in [1.82, 2.24) is 5.32 Å². The molecule has 0 amide bonds. The summed E-state index contributed by atoms with van der Waals surface area (Å²) < 4.78 is 16.0. The van der Waals surface area contributed by atoms with E-state index < -0.39 is 0 Å². The summed E-state index contributed by atoms with van der Waals surface area (Å²) in [6, 6.07) is 4.35. The van der Waals surface area contributed by atoms with E-state index in [9.17, 15) is 4.39 Å². The van der Waals surface area contributed by atoms with E-state index in [4.69, 9.17) is 34.8 Å². The maximum Gasteiger partial charge on any atom is 0.129 e. The van der Waals surface area contributed by atoms with Crippen molar-refractivity contribution >= 4 is 62.1 Å². The van der Waals surface area contributed by atoms with E-state index in [0.29, 0.717) is 23.7 Å². The summed E-state index contributed by atoms with van der Waals surface area (Å²) in [7, 11) is 0. The Kier molecular flexibility index (Phi) is 6.36. The molecule has 1 nitrogen and oxygen atoms in total. The van der Waals surface area contributed by atoms with Crippen LogP contribution in [0.2, 0.25) is 13.7 Å². The van der Waals surface area contributed by atoms with Crippen LogP contribution in [0, 0.1) is 5.82 Å². The molecular formula is C14H12BrCl3FNS. The summed E-state index contributed by atoms with van der Waals surface area (Å²) in [6.45, 7) is 2.76. The number of hydrogen-bond donors (Lipinski definition) is 1. The predicted octanol–water partition coefficient (Wildman–Crippen LogP) is 6.70. The summed E-state index contributed by atoms with van der Waals surface area (Å²) in [5, 5.41) is 3.74. The van der Waals surface area contributed by atoms with Gasteiger partial charge in [-0.25, -0.2) is 4.39 Å². The van der Waals surface area contributed by atoms with E-state index in [2.05, 4.69) is 21.2 Å². The third kappa shape index (κ3) is 4.12. The minimum absolute atomic E-state index is 0.349. The number of nitrogens with one attached hydrogen (secondary N) is 1. The van der Waals surface area contributed by atoms with Crippen LogP contribution in [-0.2, 0) is 0 Å².